The number of methoxy groups -OCH3 is 2. The molecule has 4 bridgehead atoms. The predicted molar refractivity (Wildman–Crippen MR) is 237 cm³/mol. The Morgan fingerprint density at radius 3 is 2.23 bits per heavy atom. The van der Waals surface area contributed by atoms with Gasteiger partial charge in [-0.2, -0.15) is 0 Å². The maximum atomic E-state index is 14.9. The summed E-state index contributed by atoms with van der Waals surface area (Å²) in [6, 6.07) is 5.22. The number of aliphatic carboxylic acids is 1. The van der Waals surface area contributed by atoms with Crippen molar-refractivity contribution in [1.29, 1.82) is 0 Å². The van der Waals surface area contributed by atoms with Crippen LogP contribution < -0.4 is 30.7 Å². The van der Waals surface area contributed by atoms with E-state index in [-0.39, 0.29) is 6.42 Å². The van der Waals surface area contributed by atoms with Gasteiger partial charge in [0.05, 0.1) is 20.3 Å². The van der Waals surface area contributed by atoms with Crippen LogP contribution in [-0.4, -0.2) is 97.4 Å². The van der Waals surface area contributed by atoms with E-state index in [4.69, 9.17) is 25.8 Å². The standard InChI is InChI=1S/C46H62ClN5O9/c1-12-16-32(47)22-23-46(8,13-2)29(4)50-35(17-14-15-24-48-44(58)61-45(5,6)7)42(55)52(9)39-31-19-21-38(60-11)34(27-31)33-25-30(18-20-37(33)59-10)26-36(43(56)57)51-40(53)28(3)49-41(39)54/h12-13,16,18-23,25,27-29,35-36,39,50H,1-2,14-15,17,24,26H2,3-11H3,(H,48,58)(H,49,54)(H,51,53)(H,56,57)/b23-22-,32-16+/t28-,29?,35-,36-,39-,46?/m0/s1. The summed E-state index contributed by atoms with van der Waals surface area (Å²) in [6.45, 7) is 18.7. The molecule has 3 rings (SSSR count). The van der Waals surface area contributed by atoms with Crippen LogP contribution in [0.5, 0.6) is 11.5 Å². The summed E-state index contributed by atoms with van der Waals surface area (Å²) in [5, 5.41) is 22.0. The number of ether oxygens (including phenoxy) is 3. The van der Waals surface area contributed by atoms with Crippen LogP contribution in [0.1, 0.15) is 78.0 Å². The third-order valence-electron chi connectivity index (χ3n) is 10.5. The zero-order chi connectivity index (χ0) is 45.7. The van der Waals surface area contributed by atoms with E-state index < -0.39 is 71.0 Å². The number of nitrogens with zero attached hydrogens (tertiary/aromatic N) is 1. The number of alkyl carbamates (subject to hydrolysis) is 1. The molecule has 2 aromatic rings. The highest BCUT2D eigenvalue weighted by molar-refractivity contribution is 6.31. The van der Waals surface area contributed by atoms with E-state index in [2.05, 4.69) is 34.4 Å². The predicted octanol–water partition coefficient (Wildman–Crippen LogP) is 6.60. The number of fused-ring (bicyclic) bond motifs is 5. The van der Waals surface area contributed by atoms with E-state index in [9.17, 15) is 29.1 Å². The number of carboxylic acids is 1. The number of hydrogen-bond donors (Lipinski definition) is 5. The molecule has 2 unspecified atom stereocenters. The molecule has 332 valence electrons. The highest BCUT2D eigenvalue weighted by Crippen LogP contribution is 2.40. The number of carbonyl (C=O) groups is 5. The van der Waals surface area contributed by atoms with Crippen molar-refractivity contribution in [2.45, 2.75) is 103 Å². The minimum Gasteiger partial charge on any atom is -0.496 e. The van der Waals surface area contributed by atoms with Gasteiger partial charge in [0.2, 0.25) is 17.7 Å². The number of likely N-dealkylation sites (N-methyl/N-ethyl adjacent to an activating group) is 1. The molecule has 0 saturated carbocycles. The van der Waals surface area contributed by atoms with Crippen molar-refractivity contribution in [2.24, 2.45) is 5.41 Å². The van der Waals surface area contributed by atoms with Crippen LogP contribution in [0.15, 0.2) is 85.0 Å². The van der Waals surface area contributed by atoms with Gasteiger partial charge in [0.15, 0.2) is 0 Å². The molecule has 1 aliphatic heterocycles. The monoisotopic (exact) mass is 863 g/mol. The molecule has 0 aromatic heterocycles. The summed E-state index contributed by atoms with van der Waals surface area (Å²) in [4.78, 5) is 68.9. The summed E-state index contributed by atoms with van der Waals surface area (Å²) >= 11 is 6.35. The smallest absolute Gasteiger partial charge is 0.407 e. The van der Waals surface area contributed by atoms with Gasteiger partial charge in [-0.05, 0) is 101 Å². The first-order chi connectivity index (χ1) is 28.7. The number of carbonyl (C=O) groups excluding carboxylic acids is 4. The van der Waals surface area contributed by atoms with E-state index in [1.54, 1.807) is 81.5 Å². The number of halogens is 1. The van der Waals surface area contributed by atoms with Crippen LogP contribution in [0.4, 0.5) is 4.79 Å². The zero-order valence-corrected chi connectivity index (χ0v) is 37.5. The highest BCUT2D eigenvalue weighted by Gasteiger charge is 2.37. The lowest BCUT2D eigenvalue weighted by Crippen LogP contribution is -2.56. The van der Waals surface area contributed by atoms with Crippen LogP contribution in [0.25, 0.3) is 11.1 Å². The Labute approximate surface area is 364 Å². The fourth-order valence-corrected chi connectivity index (χ4v) is 6.92. The number of allylic oxidation sites excluding steroid dienone is 4. The molecule has 14 nitrogen and oxygen atoms in total. The first-order valence-electron chi connectivity index (χ1n) is 20.2. The van der Waals surface area contributed by atoms with Crippen molar-refractivity contribution in [2.75, 3.05) is 27.8 Å². The summed E-state index contributed by atoms with van der Waals surface area (Å²) < 4.78 is 16.8. The molecule has 0 aliphatic carbocycles. The van der Waals surface area contributed by atoms with Gasteiger partial charge in [-0.15, -0.1) is 6.58 Å². The third-order valence-corrected chi connectivity index (χ3v) is 10.7. The molecule has 61 heavy (non-hydrogen) atoms. The fraction of sp³-hybridized carbons (Fsp3) is 0.457. The van der Waals surface area contributed by atoms with Crippen LogP contribution in [0.3, 0.4) is 0 Å². The molecule has 15 heteroatoms. The van der Waals surface area contributed by atoms with Crippen molar-refractivity contribution < 1.29 is 43.3 Å². The summed E-state index contributed by atoms with van der Waals surface area (Å²) in [5.74, 6) is -2.22. The molecule has 1 heterocycles. The average Bonchev–Trinajstić information content (AvgIpc) is 3.20. The van der Waals surface area contributed by atoms with Crippen molar-refractivity contribution >= 4 is 41.4 Å². The number of benzene rings is 2. The van der Waals surface area contributed by atoms with Crippen LogP contribution >= 0.6 is 11.6 Å². The first kappa shape index (κ1) is 49.8. The van der Waals surface area contributed by atoms with Gasteiger partial charge >= 0.3 is 12.1 Å². The lowest BCUT2D eigenvalue weighted by molar-refractivity contribution is -0.143. The molecule has 0 spiro atoms. The van der Waals surface area contributed by atoms with Gasteiger partial charge in [0, 0.05) is 47.6 Å². The number of nitrogens with one attached hydrogen (secondary N) is 4. The van der Waals surface area contributed by atoms with Gasteiger partial charge in [0.1, 0.15) is 35.2 Å². The minimum absolute atomic E-state index is 0.0518. The van der Waals surface area contributed by atoms with Crippen molar-refractivity contribution in [3.05, 3.63) is 96.1 Å². The van der Waals surface area contributed by atoms with E-state index >= 15 is 0 Å². The molecule has 4 amide bonds. The maximum absolute atomic E-state index is 14.9. The summed E-state index contributed by atoms with van der Waals surface area (Å²) in [5.41, 5.74) is 0.698. The molecular weight excluding hydrogens is 802 g/mol. The Bertz CT molecular complexity index is 1990. The topological polar surface area (TPSA) is 185 Å². The third kappa shape index (κ3) is 14.0. The first-order valence-corrected chi connectivity index (χ1v) is 20.6. The molecule has 2 aromatic carbocycles. The van der Waals surface area contributed by atoms with E-state index in [0.29, 0.717) is 64.6 Å². The Morgan fingerprint density at radius 1 is 1.00 bits per heavy atom. The molecule has 5 N–H and O–H groups in total. The van der Waals surface area contributed by atoms with E-state index in [1.807, 2.05) is 19.9 Å². The highest BCUT2D eigenvalue weighted by atomic mass is 35.5. The Balaban J connectivity index is 2.15. The maximum Gasteiger partial charge on any atom is 0.407 e. The SMILES string of the molecule is C=C/C=C(Cl)\C=C/C(C)(C=C)C(C)N[C@@H](CCCCNC(=O)OC(C)(C)C)C(=O)N(C)[C@@H]1C(=O)N[C@@H](C)C(=O)N[C@H](C(=O)O)Cc2ccc(OC)c(c2)-c2cc1ccc2OC. The van der Waals surface area contributed by atoms with Gasteiger partial charge in [-0.1, -0.05) is 55.5 Å². The zero-order valence-electron chi connectivity index (χ0n) is 36.7. The van der Waals surface area contributed by atoms with Crippen molar-refractivity contribution in [3.63, 3.8) is 0 Å². The normalized spacial score (nSPS) is 19.2. The molecule has 0 saturated heterocycles. The van der Waals surface area contributed by atoms with Crippen LogP contribution in [0, 0.1) is 5.41 Å². The lowest BCUT2D eigenvalue weighted by atomic mass is 9.82. The van der Waals surface area contributed by atoms with E-state index in [0.717, 1.165) is 0 Å². The average molecular weight is 864 g/mol. The molecule has 1 aliphatic rings. The second kappa shape index (κ2) is 22.3. The Morgan fingerprint density at radius 2 is 1.64 bits per heavy atom. The number of amides is 4. The molecule has 6 atom stereocenters. The van der Waals surface area contributed by atoms with Crippen LogP contribution in [0.2, 0.25) is 0 Å². The van der Waals surface area contributed by atoms with Gasteiger partial charge in [-0.25, -0.2) is 9.59 Å². The molecule has 0 fully saturated rings. The number of rotatable bonds is 17. The number of carboxylic acid groups (broad SMARTS) is 1. The Kier molecular flexibility index (Phi) is 18.2. The number of unbranched alkanes of at least 4 members (excludes halogenated alkanes) is 1. The summed E-state index contributed by atoms with van der Waals surface area (Å²) in [6.07, 6.45) is 9.30. The van der Waals surface area contributed by atoms with E-state index in [1.165, 1.54) is 33.1 Å². The van der Waals surface area contributed by atoms with Gasteiger partial charge < -0.3 is 45.5 Å². The van der Waals surface area contributed by atoms with Crippen LogP contribution in [-0.2, 0) is 30.3 Å². The van der Waals surface area contributed by atoms with Crippen molar-refractivity contribution in [3.8, 4) is 22.6 Å². The second-order valence-electron chi connectivity index (χ2n) is 16.2. The fourth-order valence-electron chi connectivity index (χ4n) is 6.77. The van der Waals surface area contributed by atoms with Crippen molar-refractivity contribution in [1.82, 2.24) is 26.2 Å². The molecule has 0 radical (unpaired) electrons. The Hall–Kier alpha value is -5.60. The number of hydrogen-bond acceptors (Lipinski definition) is 9. The largest absolute Gasteiger partial charge is 0.496 e. The summed E-state index contributed by atoms with van der Waals surface area (Å²) in [7, 11) is 4.52. The van der Waals surface area contributed by atoms with Gasteiger partial charge in [-0.3, -0.25) is 14.4 Å². The lowest BCUT2D eigenvalue weighted by Gasteiger charge is -2.37. The molecular formula is C46H62ClN5O9. The van der Waals surface area contributed by atoms with Gasteiger partial charge in [0.25, 0.3) is 0 Å². The second-order valence-corrected chi connectivity index (χ2v) is 16.7. The minimum atomic E-state index is -1.32. The quantitative estimate of drug-likeness (QED) is 0.0660.